The molecule has 1 amide bonds. The molecule has 1 unspecified atom stereocenters. The second-order valence-corrected chi connectivity index (χ2v) is 5.31. The zero-order valence-corrected chi connectivity index (χ0v) is 11.4. The van der Waals surface area contributed by atoms with Gasteiger partial charge in [-0.3, -0.25) is 4.79 Å². The maximum absolute atomic E-state index is 13.0. The average Bonchev–Trinajstić information content (AvgIpc) is 2.31. The Morgan fingerprint density at radius 3 is 2.26 bits per heavy atom. The zero-order valence-electron chi connectivity index (χ0n) is 10.6. The predicted molar refractivity (Wildman–Crippen MR) is 67.7 cm³/mol. The number of rotatable bonds is 5. The van der Waals surface area contributed by atoms with Gasteiger partial charge in [0.2, 0.25) is 0 Å². The normalized spacial score (nSPS) is 12.6. The van der Waals surface area contributed by atoms with Crippen molar-refractivity contribution in [3.63, 3.8) is 0 Å². The summed E-state index contributed by atoms with van der Waals surface area (Å²) < 4.78 is 38.6. The summed E-state index contributed by atoms with van der Waals surface area (Å²) in [6.45, 7) is 4.16. The molecule has 0 aliphatic carbocycles. The first kappa shape index (κ1) is 15.8. The summed E-state index contributed by atoms with van der Waals surface area (Å²) >= 11 is 5.97. The maximum atomic E-state index is 13.0. The van der Waals surface area contributed by atoms with Crippen molar-refractivity contribution in [2.24, 2.45) is 5.92 Å². The molecule has 0 spiro atoms. The molecule has 0 fully saturated rings. The zero-order chi connectivity index (χ0) is 14.6. The fourth-order valence-corrected chi connectivity index (χ4v) is 2.02. The molecule has 0 heterocycles. The van der Waals surface area contributed by atoms with Gasteiger partial charge < -0.3 is 5.32 Å². The highest BCUT2D eigenvalue weighted by molar-refractivity contribution is 6.20. The highest BCUT2D eigenvalue weighted by Crippen LogP contribution is 2.14. The standard InChI is InChI=1S/C13H15ClF3NO/c1-7(2)3-9(14)6-18-13(19)8-4-10(15)12(17)11(16)5-8/h4-5,7,9H,3,6H2,1-2H3,(H,18,19). The number of benzene rings is 1. The van der Waals surface area contributed by atoms with E-state index in [2.05, 4.69) is 5.32 Å². The van der Waals surface area contributed by atoms with E-state index >= 15 is 0 Å². The van der Waals surface area contributed by atoms with E-state index < -0.39 is 23.4 Å². The molecule has 0 aliphatic heterocycles. The van der Waals surface area contributed by atoms with Gasteiger partial charge in [0.05, 0.1) is 5.38 Å². The van der Waals surface area contributed by atoms with Gasteiger partial charge in [0.25, 0.3) is 5.91 Å². The van der Waals surface area contributed by atoms with E-state index in [9.17, 15) is 18.0 Å². The summed E-state index contributed by atoms with van der Waals surface area (Å²) in [7, 11) is 0. The van der Waals surface area contributed by atoms with Crippen LogP contribution in [0.1, 0.15) is 30.6 Å². The first-order chi connectivity index (χ1) is 8.81. The average molecular weight is 294 g/mol. The topological polar surface area (TPSA) is 29.1 Å². The summed E-state index contributed by atoms with van der Waals surface area (Å²) in [5, 5.41) is 2.19. The Kier molecular flexibility index (Phi) is 5.66. The Labute approximate surface area is 114 Å². The molecule has 0 saturated heterocycles. The Morgan fingerprint density at radius 2 is 1.79 bits per heavy atom. The number of amides is 1. The lowest BCUT2D eigenvalue weighted by Crippen LogP contribution is -2.30. The molecule has 106 valence electrons. The van der Waals surface area contributed by atoms with E-state index in [0.29, 0.717) is 24.5 Å². The number of carbonyl (C=O) groups excluding carboxylic acids is 1. The third kappa shape index (κ3) is 4.74. The van der Waals surface area contributed by atoms with Crippen LogP contribution in [0.15, 0.2) is 12.1 Å². The monoisotopic (exact) mass is 293 g/mol. The van der Waals surface area contributed by atoms with Crippen molar-refractivity contribution in [2.75, 3.05) is 6.54 Å². The smallest absolute Gasteiger partial charge is 0.251 e. The lowest BCUT2D eigenvalue weighted by Gasteiger charge is -2.13. The maximum Gasteiger partial charge on any atom is 0.251 e. The molecule has 0 bridgehead atoms. The molecule has 1 aromatic carbocycles. The van der Waals surface area contributed by atoms with Crippen molar-refractivity contribution in [3.05, 3.63) is 35.1 Å². The van der Waals surface area contributed by atoms with Crippen molar-refractivity contribution in [1.82, 2.24) is 5.32 Å². The van der Waals surface area contributed by atoms with Crippen LogP contribution in [0.5, 0.6) is 0 Å². The van der Waals surface area contributed by atoms with Gasteiger partial charge in [-0.25, -0.2) is 13.2 Å². The first-order valence-electron chi connectivity index (χ1n) is 5.88. The molecule has 0 aromatic heterocycles. The highest BCUT2D eigenvalue weighted by Gasteiger charge is 2.16. The number of hydrogen-bond donors (Lipinski definition) is 1. The van der Waals surface area contributed by atoms with Crippen LogP contribution in [-0.2, 0) is 0 Å². The van der Waals surface area contributed by atoms with E-state index in [1.165, 1.54) is 0 Å². The number of alkyl halides is 1. The molecule has 0 radical (unpaired) electrons. The van der Waals surface area contributed by atoms with Gasteiger partial charge in [0, 0.05) is 12.1 Å². The van der Waals surface area contributed by atoms with Gasteiger partial charge in [-0.1, -0.05) is 13.8 Å². The molecular weight excluding hydrogens is 279 g/mol. The van der Waals surface area contributed by atoms with Gasteiger partial charge in [-0.05, 0) is 24.5 Å². The molecule has 1 aromatic rings. The minimum atomic E-state index is -1.59. The van der Waals surface area contributed by atoms with Crippen LogP contribution in [0.3, 0.4) is 0 Å². The van der Waals surface area contributed by atoms with Crippen LogP contribution in [0.25, 0.3) is 0 Å². The first-order valence-corrected chi connectivity index (χ1v) is 6.31. The molecule has 19 heavy (non-hydrogen) atoms. The summed E-state index contributed by atoms with van der Waals surface area (Å²) in [6, 6.07) is 1.30. The Balaban J connectivity index is 2.64. The summed E-state index contributed by atoms with van der Waals surface area (Å²) in [6.07, 6.45) is 0.702. The predicted octanol–water partition coefficient (Wildman–Crippen LogP) is 3.49. The Bertz CT molecular complexity index is 442. The van der Waals surface area contributed by atoms with E-state index in [1.807, 2.05) is 13.8 Å². The van der Waals surface area contributed by atoms with Gasteiger partial charge in [-0.2, -0.15) is 0 Å². The van der Waals surface area contributed by atoms with Crippen molar-refractivity contribution >= 4 is 17.5 Å². The van der Waals surface area contributed by atoms with E-state index in [-0.39, 0.29) is 17.5 Å². The molecule has 6 heteroatoms. The SMILES string of the molecule is CC(C)CC(Cl)CNC(=O)c1cc(F)c(F)c(F)c1. The van der Waals surface area contributed by atoms with Crippen molar-refractivity contribution in [1.29, 1.82) is 0 Å². The summed E-state index contributed by atoms with van der Waals surface area (Å²) in [5.41, 5.74) is -0.273. The minimum absolute atomic E-state index is 0.180. The fraction of sp³-hybridized carbons (Fsp3) is 0.462. The van der Waals surface area contributed by atoms with Crippen LogP contribution in [0, 0.1) is 23.4 Å². The van der Waals surface area contributed by atoms with E-state index in [4.69, 9.17) is 11.6 Å². The molecule has 1 rings (SSSR count). The minimum Gasteiger partial charge on any atom is -0.351 e. The summed E-state index contributed by atoms with van der Waals surface area (Å²) in [5.74, 6) is -4.69. The van der Waals surface area contributed by atoms with Crippen LogP contribution in [0.2, 0.25) is 0 Å². The second-order valence-electron chi connectivity index (χ2n) is 4.69. The van der Waals surface area contributed by atoms with E-state index in [0.717, 1.165) is 0 Å². The fourth-order valence-electron chi connectivity index (χ4n) is 1.59. The number of hydrogen-bond acceptors (Lipinski definition) is 1. The van der Waals surface area contributed by atoms with Crippen molar-refractivity contribution in [3.8, 4) is 0 Å². The van der Waals surface area contributed by atoms with E-state index in [1.54, 1.807) is 0 Å². The quantitative estimate of drug-likeness (QED) is 0.653. The largest absolute Gasteiger partial charge is 0.351 e. The van der Waals surface area contributed by atoms with Gasteiger partial charge in [-0.15, -0.1) is 11.6 Å². The molecule has 1 N–H and O–H groups in total. The lowest BCUT2D eigenvalue weighted by molar-refractivity contribution is 0.0951. The van der Waals surface area contributed by atoms with Crippen LogP contribution >= 0.6 is 11.6 Å². The highest BCUT2D eigenvalue weighted by atomic mass is 35.5. The van der Waals surface area contributed by atoms with Gasteiger partial charge in [0.1, 0.15) is 0 Å². The lowest BCUT2D eigenvalue weighted by atomic mass is 10.1. The number of halogens is 4. The third-order valence-electron chi connectivity index (χ3n) is 2.46. The second kappa shape index (κ2) is 6.80. The molecule has 0 saturated carbocycles. The van der Waals surface area contributed by atoms with Crippen LogP contribution in [0.4, 0.5) is 13.2 Å². The number of carbonyl (C=O) groups is 1. The van der Waals surface area contributed by atoms with Gasteiger partial charge >= 0.3 is 0 Å². The van der Waals surface area contributed by atoms with Crippen molar-refractivity contribution in [2.45, 2.75) is 25.6 Å². The molecule has 0 aliphatic rings. The Hall–Kier alpha value is -1.23. The van der Waals surface area contributed by atoms with Gasteiger partial charge in [0.15, 0.2) is 17.5 Å². The van der Waals surface area contributed by atoms with Crippen molar-refractivity contribution < 1.29 is 18.0 Å². The third-order valence-corrected chi connectivity index (χ3v) is 2.79. The summed E-state index contributed by atoms with van der Waals surface area (Å²) in [4.78, 5) is 11.6. The number of nitrogens with one attached hydrogen (secondary N) is 1. The van der Waals surface area contributed by atoms with Crippen LogP contribution < -0.4 is 5.32 Å². The Morgan fingerprint density at radius 1 is 1.26 bits per heavy atom. The molecule has 1 atom stereocenters. The molecular formula is C13H15ClF3NO. The molecule has 2 nitrogen and oxygen atoms in total. The van der Waals surface area contributed by atoms with Crippen LogP contribution in [-0.4, -0.2) is 17.8 Å².